The zero-order chi connectivity index (χ0) is 27.9. The predicted octanol–water partition coefficient (Wildman–Crippen LogP) is 10.4. The first kappa shape index (κ1) is 27.1. The lowest BCUT2D eigenvalue weighted by molar-refractivity contribution is 0.242. The monoisotopic (exact) mass is 536 g/mol. The Kier molecular flexibility index (Phi) is 8.66. The van der Waals surface area contributed by atoms with Gasteiger partial charge in [0.25, 0.3) is 0 Å². The topological polar surface area (TPSA) is 24.7 Å². The van der Waals surface area contributed by atoms with Crippen LogP contribution in [0.5, 0.6) is 0 Å². The molecule has 2 heteroatoms. The number of fused-ring (bicyclic) bond motifs is 1. The molecule has 0 N–H and O–H groups in total. The van der Waals surface area contributed by atoms with Gasteiger partial charge in [-0.05, 0) is 90.6 Å². The Morgan fingerprint density at radius 2 is 1.61 bits per heavy atom. The van der Waals surface area contributed by atoms with Crippen LogP contribution in [0, 0.1) is 17.8 Å². The summed E-state index contributed by atoms with van der Waals surface area (Å²) >= 11 is 0. The maximum atomic E-state index is 5.30. The highest BCUT2D eigenvalue weighted by Gasteiger charge is 2.30. The summed E-state index contributed by atoms with van der Waals surface area (Å²) in [4.78, 5) is 9.74. The molecule has 2 aliphatic carbocycles. The van der Waals surface area contributed by atoms with Gasteiger partial charge in [0.15, 0.2) is 0 Å². The predicted molar refractivity (Wildman–Crippen MR) is 176 cm³/mol. The summed E-state index contributed by atoms with van der Waals surface area (Å²) in [6.07, 6.45) is 16.1. The van der Waals surface area contributed by atoms with Crippen LogP contribution in [0.2, 0.25) is 0 Å². The van der Waals surface area contributed by atoms with E-state index in [-0.39, 0.29) is 0 Å². The molecule has 1 saturated carbocycles. The molecule has 41 heavy (non-hydrogen) atoms. The second kappa shape index (κ2) is 13.1. The van der Waals surface area contributed by atoms with Gasteiger partial charge in [0.05, 0.1) is 12.2 Å². The molecule has 4 aromatic carbocycles. The van der Waals surface area contributed by atoms with E-state index in [1.807, 2.05) is 6.07 Å². The van der Waals surface area contributed by atoms with Crippen LogP contribution in [0.3, 0.4) is 0 Å². The molecule has 0 amide bonds. The van der Waals surface area contributed by atoms with E-state index in [9.17, 15) is 0 Å². The number of aliphatic imine (C=N–C) groups is 2. The van der Waals surface area contributed by atoms with E-state index in [2.05, 4.69) is 121 Å². The number of rotatable bonds is 8. The number of hydrogen-bond donors (Lipinski definition) is 0. The number of nitrogens with zero attached hydrogens (tertiary/aromatic N) is 2. The van der Waals surface area contributed by atoms with E-state index in [1.54, 1.807) is 0 Å². The summed E-state index contributed by atoms with van der Waals surface area (Å²) in [5.74, 6) is 1.93. The summed E-state index contributed by atoms with van der Waals surface area (Å²) in [5.41, 5.74) is 6.94. The molecule has 0 aliphatic heterocycles. The van der Waals surface area contributed by atoms with E-state index in [1.165, 1.54) is 78.1 Å². The molecule has 0 spiro atoms. The van der Waals surface area contributed by atoms with Crippen molar-refractivity contribution >= 4 is 28.9 Å². The van der Waals surface area contributed by atoms with Crippen LogP contribution in [0.4, 0.5) is 0 Å². The van der Waals surface area contributed by atoms with Crippen molar-refractivity contribution in [3.05, 3.63) is 126 Å². The minimum Gasteiger partial charge on any atom is -0.285 e. The van der Waals surface area contributed by atoms with Gasteiger partial charge in [-0.25, -0.2) is 0 Å². The first-order valence-electron chi connectivity index (χ1n) is 15.3. The summed E-state index contributed by atoms with van der Waals surface area (Å²) in [7, 11) is 0. The van der Waals surface area contributed by atoms with E-state index in [0.717, 1.165) is 23.1 Å². The highest BCUT2D eigenvalue weighted by atomic mass is 14.8. The standard InChI is InChI=1S/C39H40N2/c1-40-38(33-15-6-3-7-16-33)27-39(35-19-10-18-34(26-35)30-12-4-2-5-13-30)41-28-29-22-24-32(25-23-29)37-21-11-17-31-14-8-9-20-36(31)37/h3-4,6-9,11-12,14-17,20-25,27,30,34-35H,1-2,5,10,13,18-19,26,28H2/b38-27-,41-39+. The second-order valence-electron chi connectivity index (χ2n) is 11.7. The molecule has 0 bridgehead atoms. The molecule has 0 saturated heterocycles. The van der Waals surface area contributed by atoms with Crippen molar-refractivity contribution in [3.63, 3.8) is 0 Å². The van der Waals surface area contributed by atoms with E-state index >= 15 is 0 Å². The molecule has 0 heterocycles. The summed E-state index contributed by atoms with van der Waals surface area (Å²) < 4.78 is 0. The fourth-order valence-electron chi connectivity index (χ4n) is 6.83. The second-order valence-corrected chi connectivity index (χ2v) is 11.7. The Bertz CT molecular complexity index is 1550. The van der Waals surface area contributed by atoms with Crippen molar-refractivity contribution in [3.8, 4) is 11.1 Å². The van der Waals surface area contributed by atoms with Crippen LogP contribution in [-0.4, -0.2) is 12.4 Å². The fraction of sp³-hybridized carbons (Fsp3) is 0.282. The fourth-order valence-corrected chi connectivity index (χ4v) is 6.83. The average Bonchev–Trinajstić information content (AvgIpc) is 3.06. The van der Waals surface area contributed by atoms with Gasteiger partial charge >= 0.3 is 0 Å². The first-order valence-corrected chi connectivity index (χ1v) is 15.3. The van der Waals surface area contributed by atoms with E-state index in [0.29, 0.717) is 12.5 Å². The molecular weight excluding hydrogens is 496 g/mol. The molecule has 0 aromatic heterocycles. The molecule has 2 nitrogen and oxygen atoms in total. The quantitative estimate of drug-likeness (QED) is 0.158. The smallest absolute Gasteiger partial charge is 0.0712 e. The third-order valence-corrected chi connectivity index (χ3v) is 9.05. The lowest BCUT2D eigenvalue weighted by Gasteiger charge is -2.34. The molecular formula is C39H40N2. The maximum Gasteiger partial charge on any atom is 0.0712 e. The summed E-state index contributed by atoms with van der Waals surface area (Å²) in [5, 5.41) is 2.56. The molecule has 3 unspecified atom stereocenters. The van der Waals surface area contributed by atoms with E-state index in [4.69, 9.17) is 4.99 Å². The third-order valence-electron chi connectivity index (χ3n) is 9.05. The number of allylic oxidation sites excluding steroid dienone is 3. The van der Waals surface area contributed by atoms with E-state index < -0.39 is 0 Å². The number of benzene rings is 4. The molecule has 3 atom stereocenters. The van der Waals surface area contributed by atoms with Crippen molar-refractivity contribution in [2.45, 2.75) is 51.5 Å². The molecule has 206 valence electrons. The zero-order valence-corrected chi connectivity index (χ0v) is 24.0. The highest BCUT2D eigenvalue weighted by Crippen LogP contribution is 2.39. The molecule has 4 aromatic rings. The Morgan fingerprint density at radius 3 is 2.41 bits per heavy atom. The van der Waals surface area contributed by atoms with Gasteiger partial charge in [-0.2, -0.15) is 0 Å². The minimum atomic E-state index is 0.458. The SMILES string of the molecule is C=N/C(=C\C(=N/Cc1ccc(-c2cccc3ccccc23)cc1)C1CCCC(C2C=CCCC2)C1)c1ccccc1. The normalized spacial score (nSPS) is 21.6. The van der Waals surface area contributed by atoms with Crippen LogP contribution >= 0.6 is 0 Å². The van der Waals surface area contributed by atoms with Crippen LogP contribution in [0.1, 0.15) is 56.1 Å². The zero-order valence-electron chi connectivity index (χ0n) is 24.0. The Labute approximate surface area is 245 Å². The van der Waals surface area contributed by atoms with Crippen LogP contribution in [0.25, 0.3) is 27.6 Å². The lowest BCUT2D eigenvalue weighted by atomic mass is 9.71. The van der Waals surface area contributed by atoms with Crippen LogP contribution in [-0.2, 0) is 6.54 Å². The Balaban J connectivity index is 1.28. The van der Waals surface area contributed by atoms with Gasteiger partial charge in [-0.3, -0.25) is 9.98 Å². The highest BCUT2D eigenvalue weighted by molar-refractivity contribution is 6.02. The van der Waals surface area contributed by atoms with Gasteiger partial charge in [0.2, 0.25) is 0 Å². The van der Waals surface area contributed by atoms with Crippen LogP contribution < -0.4 is 0 Å². The van der Waals surface area contributed by atoms with Crippen molar-refractivity contribution in [1.82, 2.24) is 0 Å². The average molecular weight is 537 g/mol. The van der Waals surface area contributed by atoms with Crippen LogP contribution in [0.15, 0.2) is 125 Å². The van der Waals surface area contributed by atoms with Gasteiger partial charge in [-0.1, -0.05) is 116 Å². The summed E-state index contributed by atoms with van der Waals surface area (Å²) in [6, 6.07) is 34.5. The number of hydrogen-bond acceptors (Lipinski definition) is 2. The van der Waals surface area contributed by atoms with Crippen molar-refractivity contribution in [2.24, 2.45) is 27.7 Å². The first-order chi connectivity index (χ1) is 20.3. The Hall–Kier alpha value is -4.04. The van der Waals surface area contributed by atoms with Crippen molar-refractivity contribution < 1.29 is 0 Å². The van der Waals surface area contributed by atoms with Gasteiger partial charge in [0.1, 0.15) is 0 Å². The summed E-state index contributed by atoms with van der Waals surface area (Å²) in [6.45, 7) is 4.59. The Morgan fingerprint density at radius 1 is 0.805 bits per heavy atom. The maximum absolute atomic E-state index is 5.30. The largest absolute Gasteiger partial charge is 0.285 e. The van der Waals surface area contributed by atoms with Crippen molar-refractivity contribution in [1.29, 1.82) is 0 Å². The molecule has 0 radical (unpaired) electrons. The van der Waals surface area contributed by atoms with Gasteiger partial charge in [0, 0.05) is 17.2 Å². The van der Waals surface area contributed by atoms with Gasteiger partial charge in [-0.15, -0.1) is 0 Å². The molecule has 6 rings (SSSR count). The minimum absolute atomic E-state index is 0.458. The lowest BCUT2D eigenvalue weighted by Crippen LogP contribution is -2.27. The van der Waals surface area contributed by atoms with Gasteiger partial charge < -0.3 is 0 Å². The van der Waals surface area contributed by atoms with Crippen molar-refractivity contribution in [2.75, 3.05) is 0 Å². The molecule has 2 aliphatic rings. The molecule has 1 fully saturated rings. The third kappa shape index (κ3) is 6.49.